The Morgan fingerprint density at radius 1 is 1.37 bits per heavy atom. The monoisotopic (exact) mass is 261 g/mol. The molecule has 1 aliphatic heterocycles. The number of anilines is 1. The molecule has 3 heteroatoms. The minimum Gasteiger partial charge on any atom is -0.481 e. The van der Waals surface area contributed by atoms with Crippen LogP contribution >= 0.6 is 0 Å². The highest BCUT2D eigenvalue weighted by molar-refractivity contribution is 5.69. The van der Waals surface area contributed by atoms with Crippen LogP contribution in [-0.4, -0.2) is 24.2 Å². The van der Waals surface area contributed by atoms with Crippen LogP contribution in [-0.2, 0) is 4.79 Å². The van der Waals surface area contributed by atoms with Gasteiger partial charge in [-0.3, -0.25) is 4.79 Å². The number of benzene rings is 1. The van der Waals surface area contributed by atoms with Crippen molar-refractivity contribution in [1.29, 1.82) is 0 Å². The van der Waals surface area contributed by atoms with Gasteiger partial charge in [0.25, 0.3) is 0 Å². The van der Waals surface area contributed by atoms with Gasteiger partial charge in [-0.1, -0.05) is 13.0 Å². The molecule has 1 heterocycles. The van der Waals surface area contributed by atoms with Gasteiger partial charge in [0.2, 0.25) is 0 Å². The second-order valence-corrected chi connectivity index (χ2v) is 5.92. The number of rotatable bonds is 4. The maximum Gasteiger partial charge on any atom is 0.306 e. The smallest absolute Gasteiger partial charge is 0.306 e. The van der Waals surface area contributed by atoms with Crippen LogP contribution in [0.25, 0.3) is 0 Å². The van der Waals surface area contributed by atoms with Crippen LogP contribution in [0.5, 0.6) is 0 Å². The Bertz CT molecular complexity index is 450. The average Bonchev–Trinajstić information content (AvgIpc) is 2.76. The molecule has 2 rings (SSSR count). The molecule has 3 nitrogen and oxygen atoms in total. The van der Waals surface area contributed by atoms with Gasteiger partial charge in [-0.15, -0.1) is 0 Å². The van der Waals surface area contributed by atoms with E-state index in [2.05, 4.69) is 36.9 Å². The van der Waals surface area contributed by atoms with Crippen LogP contribution in [0.4, 0.5) is 5.69 Å². The minimum absolute atomic E-state index is 0.232. The van der Waals surface area contributed by atoms with Crippen LogP contribution in [0, 0.1) is 25.7 Å². The number of aliphatic carboxylic acids is 1. The summed E-state index contributed by atoms with van der Waals surface area (Å²) >= 11 is 0. The van der Waals surface area contributed by atoms with E-state index in [1.54, 1.807) is 0 Å². The molecule has 2 unspecified atom stereocenters. The maximum atomic E-state index is 10.9. The van der Waals surface area contributed by atoms with E-state index in [9.17, 15) is 4.79 Å². The number of hydrogen-bond donors (Lipinski definition) is 1. The highest BCUT2D eigenvalue weighted by Gasteiger charge is 2.26. The van der Waals surface area contributed by atoms with E-state index in [1.807, 2.05) is 6.92 Å². The molecule has 1 aliphatic rings. The zero-order chi connectivity index (χ0) is 14.0. The lowest BCUT2D eigenvalue weighted by molar-refractivity contribution is -0.141. The first-order valence-corrected chi connectivity index (χ1v) is 7.01. The van der Waals surface area contributed by atoms with Crippen molar-refractivity contribution >= 4 is 11.7 Å². The van der Waals surface area contributed by atoms with Crippen molar-refractivity contribution in [3.05, 3.63) is 29.3 Å². The van der Waals surface area contributed by atoms with Crippen molar-refractivity contribution in [2.45, 2.75) is 33.6 Å². The van der Waals surface area contributed by atoms with Crippen LogP contribution in [0.3, 0.4) is 0 Å². The van der Waals surface area contributed by atoms with Gasteiger partial charge in [-0.25, -0.2) is 0 Å². The SMILES string of the molecule is Cc1cc(C)cc(N2CCC(CC(C)C(=O)O)C2)c1. The van der Waals surface area contributed by atoms with Gasteiger partial charge in [-0.2, -0.15) is 0 Å². The molecule has 0 aromatic heterocycles. The fraction of sp³-hybridized carbons (Fsp3) is 0.562. The first kappa shape index (κ1) is 13.9. The quantitative estimate of drug-likeness (QED) is 0.904. The van der Waals surface area contributed by atoms with Crippen molar-refractivity contribution in [3.63, 3.8) is 0 Å². The first-order valence-electron chi connectivity index (χ1n) is 7.01. The van der Waals surface area contributed by atoms with E-state index in [-0.39, 0.29) is 5.92 Å². The summed E-state index contributed by atoms with van der Waals surface area (Å²) in [5, 5.41) is 8.98. The Kier molecular flexibility index (Phi) is 4.13. The molecule has 104 valence electrons. The number of hydrogen-bond acceptors (Lipinski definition) is 2. The van der Waals surface area contributed by atoms with Crippen LogP contribution in [0.15, 0.2) is 18.2 Å². The average molecular weight is 261 g/mol. The van der Waals surface area contributed by atoms with Gasteiger partial charge >= 0.3 is 5.97 Å². The molecular weight excluding hydrogens is 238 g/mol. The number of nitrogens with zero attached hydrogens (tertiary/aromatic N) is 1. The fourth-order valence-electron chi connectivity index (χ4n) is 2.99. The Balaban J connectivity index is 2.00. The van der Waals surface area contributed by atoms with E-state index < -0.39 is 5.97 Å². The fourth-order valence-corrected chi connectivity index (χ4v) is 2.99. The number of carboxylic acid groups (broad SMARTS) is 1. The lowest BCUT2D eigenvalue weighted by Crippen LogP contribution is -2.21. The van der Waals surface area contributed by atoms with E-state index in [0.29, 0.717) is 5.92 Å². The molecule has 0 spiro atoms. The summed E-state index contributed by atoms with van der Waals surface area (Å²) in [6.07, 6.45) is 1.89. The first-order chi connectivity index (χ1) is 8.95. The topological polar surface area (TPSA) is 40.5 Å². The lowest BCUT2D eigenvalue weighted by Gasteiger charge is -2.20. The molecule has 1 saturated heterocycles. The van der Waals surface area contributed by atoms with E-state index in [4.69, 9.17) is 5.11 Å². The third-order valence-electron chi connectivity index (χ3n) is 3.97. The number of carboxylic acids is 1. The van der Waals surface area contributed by atoms with Gasteiger partial charge in [-0.05, 0) is 55.9 Å². The summed E-state index contributed by atoms with van der Waals surface area (Å²) in [5.41, 5.74) is 3.86. The van der Waals surface area contributed by atoms with Gasteiger partial charge in [0.1, 0.15) is 0 Å². The molecule has 1 aromatic carbocycles. The molecule has 0 bridgehead atoms. The third-order valence-corrected chi connectivity index (χ3v) is 3.97. The molecule has 1 fully saturated rings. The summed E-state index contributed by atoms with van der Waals surface area (Å²) in [4.78, 5) is 13.3. The summed E-state index contributed by atoms with van der Waals surface area (Å²) in [7, 11) is 0. The lowest BCUT2D eigenvalue weighted by atomic mass is 9.95. The van der Waals surface area contributed by atoms with Crippen LogP contribution < -0.4 is 4.90 Å². The standard InChI is InChI=1S/C16H23NO2/c1-11-6-12(2)8-15(7-11)17-5-4-14(10-17)9-13(3)16(18)19/h6-8,13-14H,4-5,9-10H2,1-3H3,(H,18,19). The Morgan fingerprint density at radius 3 is 2.58 bits per heavy atom. The summed E-state index contributed by atoms with van der Waals surface area (Å²) in [5.74, 6) is -0.402. The molecular formula is C16H23NO2. The molecule has 1 aromatic rings. The maximum absolute atomic E-state index is 10.9. The minimum atomic E-state index is -0.676. The van der Waals surface area contributed by atoms with E-state index in [1.165, 1.54) is 16.8 Å². The highest BCUT2D eigenvalue weighted by Crippen LogP contribution is 2.29. The van der Waals surface area contributed by atoms with Gasteiger partial charge in [0.15, 0.2) is 0 Å². The van der Waals surface area contributed by atoms with Crippen molar-refractivity contribution in [3.8, 4) is 0 Å². The normalized spacial score (nSPS) is 20.6. The highest BCUT2D eigenvalue weighted by atomic mass is 16.4. The molecule has 0 radical (unpaired) electrons. The van der Waals surface area contributed by atoms with Gasteiger partial charge in [0, 0.05) is 18.8 Å². The summed E-state index contributed by atoms with van der Waals surface area (Å²) in [6, 6.07) is 6.62. The summed E-state index contributed by atoms with van der Waals surface area (Å²) < 4.78 is 0. The van der Waals surface area contributed by atoms with E-state index >= 15 is 0 Å². The van der Waals surface area contributed by atoms with Gasteiger partial charge in [0.05, 0.1) is 5.92 Å². The number of carbonyl (C=O) groups is 1. The summed E-state index contributed by atoms with van der Waals surface area (Å²) in [6.45, 7) is 8.08. The van der Waals surface area contributed by atoms with Crippen molar-refractivity contribution in [1.82, 2.24) is 0 Å². The zero-order valence-electron chi connectivity index (χ0n) is 12.0. The van der Waals surface area contributed by atoms with Crippen molar-refractivity contribution < 1.29 is 9.90 Å². The Morgan fingerprint density at radius 2 is 2.00 bits per heavy atom. The van der Waals surface area contributed by atoms with Crippen LogP contribution in [0.2, 0.25) is 0 Å². The van der Waals surface area contributed by atoms with E-state index in [0.717, 1.165) is 25.9 Å². The van der Waals surface area contributed by atoms with Crippen molar-refractivity contribution in [2.75, 3.05) is 18.0 Å². The number of aryl methyl sites for hydroxylation is 2. The predicted molar refractivity (Wildman–Crippen MR) is 77.7 cm³/mol. The third kappa shape index (κ3) is 3.49. The largest absolute Gasteiger partial charge is 0.481 e. The molecule has 0 aliphatic carbocycles. The Hall–Kier alpha value is -1.51. The molecule has 0 amide bonds. The molecule has 0 saturated carbocycles. The van der Waals surface area contributed by atoms with Crippen molar-refractivity contribution in [2.24, 2.45) is 11.8 Å². The molecule has 1 N–H and O–H groups in total. The predicted octanol–water partition coefficient (Wildman–Crippen LogP) is 3.24. The zero-order valence-corrected chi connectivity index (χ0v) is 12.0. The second-order valence-electron chi connectivity index (χ2n) is 5.92. The molecule has 2 atom stereocenters. The second kappa shape index (κ2) is 5.64. The molecule has 19 heavy (non-hydrogen) atoms. The Labute approximate surface area is 115 Å². The van der Waals surface area contributed by atoms with Crippen LogP contribution in [0.1, 0.15) is 30.9 Å². The van der Waals surface area contributed by atoms with Gasteiger partial charge < -0.3 is 10.0 Å².